The van der Waals surface area contributed by atoms with Gasteiger partial charge >= 0.3 is 0 Å². The SMILES string of the molecule is CC(C)c1ccc2oc(-c3cc(NC(=S)NC(=O)c4ccc(N5CCCC5)c([N+](=O)[O-])c4)ccc3O)nc2c1. The van der Waals surface area contributed by atoms with Gasteiger partial charge in [0, 0.05) is 30.4 Å². The maximum Gasteiger partial charge on any atom is 0.293 e. The third-order valence-electron chi connectivity index (χ3n) is 6.67. The van der Waals surface area contributed by atoms with Crippen molar-refractivity contribution in [2.24, 2.45) is 0 Å². The van der Waals surface area contributed by atoms with Crippen molar-refractivity contribution in [1.29, 1.82) is 0 Å². The summed E-state index contributed by atoms with van der Waals surface area (Å²) in [6.45, 7) is 5.68. The van der Waals surface area contributed by atoms with Crippen molar-refractivity contribution in [2.75, 3.05) is 23.3 Å². The van der Waals surface area contributed by atoms with Crippen molar-refractivity contribution in [3.8, 4) is 17.2 Å². The summed E-state index contributed by atoms with van der Waals surface area (Å²) in [7, 11) is 0. The number of aromatic hydroxyl groups is 1. The van der Waals surface area contributed by atoms with Gasteiger partial charge in [-0.25, -0.2) is 4.98 Å². The van der Waals surface area contributed by atoms with E-state index >= 15 is 0 Å². The van der Waals surface area contributed by atoms with E-state index in [1.807, 2.05) is 23.1 Å². The fourth-order valence-electron chi connectivity index (χ4n) is 4.58. The van der Waals surface area contributed by atoms with Crippen LogP contribution in [0.5, 0.6) is 5.75 Å². The highest BCUT2D eigenvalue weighted by Crippen LogP contribution is 2.34. The molecule has 0 unspecified atom stereocenters. The molecule has 1 aliphatic rings. The number of nitrogens with zero attached hydrogens (tertiary/aromatic N) is 3. The lowest BCUT2D eigenvalue weighted by Crippen LogP contribution is -2.34. The molecule has 3 aromatic carbocycles. The average Bonchev–Trinajstić information content (AvgIpc) is 3.59. The topological polar surface area (TPSA) is 134 Å². The van der Waals surface area contributed by atoms with Crippen LogP contribution in [0.3, 0.4) is 0 Å². The van der Waals surface area contributed by atoms with Crippen molar-refractivity contribution >= 4 is 51.4 Å². The van der Waals surface area contributed by atoms with E-state index in [0.717, 1.165) is 31.5 Å². The molecule has 200 valence electrons. The number of rotatable bonds is 6. The number of oxazole rings is 1. The van der Waals surface area contributed by atoms with E-state index in [0.29, 0.717) is 34.0 Å². The van der Waals surface area contributed by atoms with Crippen LogP contribution in [0.1, 0.15) is 48.5 Å². The maximum absolute atomic E-state index is 12.8. The number of benzene rings is 3. The zero-order chi connectivity index (χ0) is 27.7. The summed E-state index contributed by atoms with van der Waals surface area (Å²) in [5, 5.41) is 27.6. The number of fused-ring (bicyclic) bond motifs is 1. The van der Waals surface area contributed by atoms with Crippen LogP contribution in [0, 0.1) is 10.1 Å². The lowest BCUT2D eigenvalue weighted by atomic mass is 10.0. The van der Waals surface area contributed by atoms with E-state index in [2.05, 4.69) is 29.5 Å². The number of phenols is 1. The largest absolute Gasteiger partial charge is 0.507 e. The first kappa shape index (κ1) is 26.1. The van der Waals surface area contributed by atoms with Gasteiger partial charge in [0.05, 0.1) is 10.5 Å². The molecule has 10 nitrogen and oxygen atoms in total. The Morgan fingerprint density at radius 2 is 1.90 bits per heavy atom. The Balaban J connectivity index is 1.31. The van der Waals surface area contributed by atoms with E-state index in [9.17, 15) is 20.0 Å². The highest BCUT2D eigenvalue weighted by Gasteiger charge is 2.24. The van der Waals surface area contributed by atoms with E-state index in [4.69, 9.17) is 16.6 Å². The van der Waals surface area contributed by atoms with E-state index in [1.165, 1.54) is 12.1 Å². The van der Waals surface area contributed by atoms with Crippen LogP contribution in [0.15, 0.2) is 59.0 Å². The van der Waals surface area contributed by atoms with Gasteiger partial charge in [0.15, 0.2) is 10.7 Å². The summed E-state index contributed by atoms with van der Waals surface area (Å²) >= 11 is 5.31. The molecule has 0 bridgehead atoms. The normalized spacial score (nSPS) is 13.2. The number of phenolic OH excluding ortho intramolecular Hbond substituents is 1. The quantitative estimate of drug-likeness (QED) is 0.116. The number of nitrogens with one attached hydrogen (secondary N) is 2. The van der Waals surface area contributed by atoms with Gasteiger partial charge in [0.2, 0.25) is 5.89 Å². The smallest absolute Gasteiger partial charge is 0.293 e. The first-order chi connectivity index (χ1) is 18.7. The van der Waals surface area contributed by atoms with E-state index in [1.54, 1.807) is 24.3 Å². The number of amides is 1. The van der Waals surface area contributed by atoms with Crippen molar-refractivity contribution in [3.05, 3.63) is 75.8 Å². The van der Waals surface area contributed by atoms with Crippen LogP contribution >= 0.6 is 12.2 Å². The fraction of sp³-hybridized carbons (Fsp3) is 0.250. The minimum Gasteiger partial charge on any atom is -0.507 e. The number of anilines is 2. The third-order valence-corrected chi connectivity index (χ3v) is 6.88. The van der Waals surface area contributed by atoms with Gasteiger partial charge in [-0.3, -0.25) is 20.2 Å². The fourth-order valence-corrected chi connectivity index (χ4v) is 4.79. The van der Waals surface area contributed by atoms with Gasteiger partial charge in [-0.2, -0.15) is 0 Å². The van der Waals surface area contributed by atoms with Crippen LogP contribution in [0.25, 0.3) is 22.6 Å². The minimum atomic E-state index is -0.581. The number of hydrogen-bond acceptors (Lipinski definition) is 8. The Morgan fingerprint density at radius 3 is 2.62 bits per heavy atom. The number of carbonyl (C=O) groups is 1. The molecule has 2 heterocycles. The lowest BCUT2D eigenvalue weighted by Gasteiger charge is -2.18. The highest BCUT2D eigenvalue weighted by atomic mass is 32.1. The molecule has 39 heavy (non-hydrogen) atoms. The lowest BCUT2D eigenvalue weighted by molar-refractivity contribution is -0.384. The summed E-state index contributed by atoms with van der Waals surface area (Å²) in [5.74, 6) is -0.0349. The molecule has 0 atom stereocenters. The molecule has 1 saturated heterocycles. The molecule has 0 saturated carbocycles. The zero-order valence-corrected chi connectivity index (χ0v) is 22.2. The van der Waals surface area contributed by atoms with Crippen LogP contribution in [0.2, 0.25) is 0 Å². The van der Waals surface area contributed by atoms with Crippen molar-refractivity contribution in [2.45, 2.75) is 32.6 Å². The second-order valence-electron chi connectivity index (χ2n) is 9.70. The second-order valence-corrected chi connectivity index (χ2v) is 10.1. The van der Waals surface area contributed by atoms with Gasteiger partial charge in [-0.05, 0) is 79.0 Å². The summed E-state index contributed by atoms with van der Waals surface area (Å²) in [6.07, 6.45) is 1.95. The predicted molar refractivity (Wildman–Crippen MR) is 153 cm³/mol. The van der Waals surface area contributed by atoms with Gasteiger partial charge in [-0.15, -0.1) is 0 Å². The monoisotopic (exact) mass is 545 g/mol. The molecule has 1 aliphatic heterocycles. The number of carbonyl (C=O) groups excluding carboxylic acids is 1. The van der Waals surface area contributed by atoms with Gasteiger partial charge in [0.1, 0.15) is 17.0 Å². The predicted octanol–water partition coefficient (Wildman–Crippen LogP) is 5.96. The molecule has 11 heteroatoms. The molecule has 1 amide bonds. The maximum atomic E-state index is 12.8. The van der Waals surface area contributed by atoms with Gasteiger partial charge in [-0.1, -0.05) is 19.9 Å². The summed E-state index contributed by atoms with van der Waals surface area (Å²) in [6, 6.07) is 14.9. The Kier molecular flexibility index (Phi) is 7.16. The zero-order valence-electron chi connectivity index (χ0n) is 21.4. The van der Waals surface area contributed by atoms with Crippen LogP contribution in [-0.4, -0.2) is 39.1 Å². The van der Waals surface area contributed by atoms with Crippen LogP contribution in [0.4, 0.5) is 17.1 Å². The number of aromatic nitrogens is 1. The van der Waals surface area contributed by atoms with Crippen LogP contribution < -0.4 is 15.5 Å². The van der Waals surface area contributed by atoms with E-state index in [-0.39, 0.29) is 28.0 Å². The number of hydrogen-bond donors (Lipinski definition) is 3. The molecular formula is C28H27N5O5S. The van der Waals surface area contributed by atoms with E-state index < -0.39 is 10.8 Å². The Labute approximate surface area is 229 Å². The molecule has 4 aromatic rings. The summed E-state index contributed by atoms with van der Waals surface area (Å²) in [4.78, 5) is 30.5. The average molecular weight is 546 g/mol. The second kappa shape index (κ2) is 10.7. The number of nitro groups is 1. The van der Waals surface area contributed by atoms with Gasteiger partial charge < -0.3 is 19.7 Å². The first-order valence-electron chi connectivity index (χ1n) is 12.6. The Morgan fingerprint density at radius 1 is 1.13 bits per heavy atom. The Hall–Kier alpha value is -4.51. The molecule has 0 spiro atoms. The van der Waals surface area contributed by atoms with Crippen LogP contribution in [-0.2, 0) is 0 Å². The molecule has 0 radical (unpaired) electrons. The molecular weight excluding hydrogens is 518 g/mol. The standard InChI is InChI=1S/C28H27N5O5S/c1-16(2)17-6-10-25-21(13-17)30-27(38-25)20-15-19(7-9-24(20)34)29-28(39)31-26(35)18-5-8-22(23(14-18)33(36)37)32-11-3-4-12-32/h5-10,13-16,34H,3-4,11-12H2,1-2H3,(H2,29,31,35,39). The van der Waals surface area contributed by atoms with Crippen molar-refractivity contribution in [1.82, 2.24) is 10.3 Å². The van der Waals surface area contributed by atoms with Crippen molar-refractivity contribution < 1.29 is 19.2 Å². The van der Waals surface area contributed by atoms with Crippen molar-refractivity contribution in [3.63, 3.8) is 0 Å². The van der Waals surface area contributed by atoms with Gasteiger partial charge in [0.25, 0.3) is 11.6 Å². The molecule has 5 rings (SSSR count). The Bertz CT molecular complexity index is 1590. The summed E-state index contributed by atoms with van der Waals surface area (Å²) in [5.41, 5.74) is 3.74. The first-order valence-corrected chi connectivity index (χ1v) is 13.0. The molecule has 1 aromatic heterocycles. The highest BCUT2D eigenvalue weighted by molar-refractivity contribution is 7.80. The number of thiocarbonyl (C=S) groups is 1. The number of nitro benzene ring substituents is 1. The molecule has 0 aliphatic carbocycles. The third kappa shape index (κ3) is 5.53. The molecule has 3 N–H and O–H groups in total. The minimum absolute atomic E-state index is 0.0120. The molecule has 1 fully saturated rings. The summed E-state index contributed by atoms with van der Waals surface area (Å²) < 4.78 is 5.87.